The van der Waals surface area contributed by atoms with Gasteiger partial charge in [0, 0.05) is 20.9 Å². The lowest BCUT2D eigenvalue weighted by atomic mass is 10.0. The molecule has 0 saturated heterocycles. The maximum absolute atomic E-state index is 11.1. The molecule has 0 saturated carbocycles. The normalized spacial score (nSPS) is 10.7. The molecule has 0 radical (unpaired) electrons. The molecule has 3 nitrogen and oxygen atoms in total. The highest BCUT2D eigenvalue weighted by Gasteiger charge is 2.15. The zero-order valence-electron chi connectivity index (χ0n) is 16.3. The van der Waals surface area contributed by atoms with Crippen molar-refractivity contribution in [2.45, 2.75) is 11.5 Å². The van der Waals surface area contributed by atoms with Crippen molar-refractivity contribution in [3.8, 4) is 27.3 Å². The zero-order chi connectivity index (χ0) is 20.9. The quantitative estimate of drug-likeness (QED) is 0.350. The number of benzene rings is 3. The molecule has 1 heterocycles. The van der Waals surface area contributed by atoms with Gasteiger partial charge in [0.1, 0.15) is 12.4 Å². The van der Waals surface area contributed by atoms with E-state index in [9.17, 15) is 9.90 Å². The van der Waals surface area contributed by atoms with Gasteiger partial charge >= 0.3 is 0 Å². The molecule has 0 aliphatic rings. The Morgan fingerprint density at radius 3 is 2.43 bits per heavy atom. The molecular weight excluding hydrogens is 412 g/mol. The highest BCUT2D eigenvalue weighted by atomic mass is 32.2. The highest BCUT2D eigenvalue weighted by Crippen LogP contribution is 2.42. The summed E-state index contributed by atoms with van der Waals surface area (Å²) in [6, 6.07) is 25.2. The van der Waals surface area contributed by atoms with Gasteiger partial charge < -0.3 is 14.6 Å². The summed E-state index contributed by atoms with van der Waals surface area (Å²) in [5, 5.41) is 13.1. The van der Waals surface area contributed by atoms with Crippen LogP contribution in [-0.2, 0) is 6.61 Å². The SMILES string of the molecule is CSc1ccc(OCc2ccccc2)c(-c2ccsc2-c2ccc(C(=O)[O-])cc2)c1. The minimum Gasteiger partial charge on any atom is -0.545 e. The molecule has 0 unspecified atom stereocenters. The average molecular weight is 432 g/mol. The van der Waals surface area contributed by atoms with Crippen LogP contribution in [0.15, 0.2) is 89.1 Å². The van der Waals surface area contributed by atoms with Gasteiger partial charge in [-0.3, -0.25) is 0 Å². The second-order valence-corrected chi connectivity index (χ2v) is 8.46. The van der Waals surface area contributed by atoms with E-state index in [1.54, 1.807) is 35.2 Å². The molecule has 0 fully saturated rings. The molecule has 0 N–H and O–H groups in total. The molecule has 0 aliphatic carbocycles. The van der Waals surface area contributed by atoms with E-state index in [0.717, 1.165) is 37.8 Å². The molecule has 0 aliphatic heterocycles. The molecule has 0 bridgehead atoms. The number of carboxylic acids is 1. The number of aromatic carboxylic acids is 1. The Kier molecular flexibility index (Phi) is 6.21. The van der Waals surface area contributed by atoms with Gasteiger partial charge in [-0.25, -0.2) is 0 Å². The van der Waals surface area contributed by atoms with Crippen molar-refractivity contribution in [1.29, 1.82) is 0 Å². The first-order valence-electron chi connectivity index (χ1n) is 9.40. The van der Waals surface area contributed by atoms with Crippen LogP contribution in [0.2, 0.25) is 0 Å². The number of carbonyl (C=O) groups excluding carboxylic acids is 1. The van der Waals surface area contributed by atoms with Crippen molar-refractivity contribution in [3.05, 3.63) is 95.4 Å². The average Bonchev–Trinajstić information content (AvgIpc) is 3.28. The third-order valence-corrected chi connectivity index (χ3v) is 6.45. The highest BCUT2D eigenvalue weighted by molar-refractivity contribution is 7.98. The largest absolute Gasteiger partial charge is 0.545 e. The Bertz CT molecular complexity index is 1150. The second kappa shape index (κ2) is 9.20. The summed E-state index contributed by atoms with van der Waals surface area (Å²) in [6.45, 7) is 0.492. The van der Waals surface area contributed by atoms with E-state index in [1.165, 1.54) is 0 Å². The number of hydrogen-bond acceptors (Lipinski definition) is 5. The summed E-state index contributed by atoms with van der Waals surface area (Å²) in [5.41, 5.74) is 4.35. The number of hydrogen-bond donors (Lipinski definition) is 0. The summed E-state index contributed by atoms with van der Waals surface area (Å²) >= 11 is 3.31. The lowest BCUT2D eigenvalue weighted by Crippen LogP contribution is -2.21. The number of ether oxygens (including phenoxy) is 1. The third kappa shape index (κ3) is 4.42. The van der Waals surface area contributed by atoms with E-state index in [-0.39, 0.29) is 5.56 Å². The predicted octanol–water partition coefficient (Wildman–Crippen LogP) is 5.75. The minimum atomic E-state index is -1.17. The third-order valence-electron chi connectivity index (χ3n) is 4.76. The van der Waals surface area contributed by atoms with Crippen LogP contribution in [0.5, 0.6) is 5.75 Å². The van der Waals surface area contributed by atoms with Crippen molar-refractivity contribution < 1.29 is 14.6 Å². The number of carboxylic acid groups (broad SMARTS) is 1. The fourth-order valence-corrected chi connectivity index (χ4v) is 4.57. The van der Waals surface area contributed by atoms with Crippen LogP contribution in [0.1, 0.15) is 15.9 Å². The first kappa shape index (κ1) is 20.3. The summed E-state index contributed by atoms with van der Waals surface area (Å²) in [4.78, 5) is 13.3. The number of thiophene rings is 1. The minimum absolute atomic E-state index is 0.174. The van der Waals surface area contributed by atoms with Gasteiger partial charge in [0.05, 0.1) is 5.97 Å². The molecule has 0 atom stereocenters. The fourth-order valence-electron chi connectivity index (χ4n) is 3.21. The van der Waals surface area contributed by atoms with Crippen LogP contribution in [0.25, 0.3) is 21.6 Å². The van der Waals surface area contributed by atoms with Crippen LogP contribution in [0, 0.1) is 0 Å². The Morgan fingerprint density at radius 1 is 0.967 bits per heavy atom. The van der Waals surface area contributed by atoms with E-state index in [4.69, 9.17) is 4.74 Å². The topological polar surface area (TPSA) is 49.4 Å². The van der Waals surface area contributed by atoms with Crippen LogP contribution < -0.4 is 9.84 Å². The van der Waals surface area contributed by atoms with Gasteiger partial charge in [0.2, 0.25) is 0 Å². The van der Waals surface area contributed by atoms with Crippen LogP contribution >= 0.6 is 23.1 Å². The Morgan fingerprint density at radius 2 is 1.73 bits per heavy atom. The number of rotatable bonds is 7. The van der Waals surface area contributed by atoms with Crippen molar-refractivity contribution in [2.75, 3.05) is 6.26 Å². The summed E-state index contributed by atoms with van der Waals surface area (Å²) in [5.74, 6) is -0.347. The lowest BCUT2D eigenvalue weighted by molar-refractivity contribution is -0.255. The number of carbonyl (C=O) groups is 1. The van der Waals surface area contributed by atoms with Crippen molar-refractivity contribution in [3.63, 3.8) is 0 Å². The molecule has 0 amide bonds. The molecule has 30 heavy (non-hydrogen) atoms. The molecule has 1 aromatic heterocycles. The number of thioether (sulfide) groups is 1. The van der Waals surface area contributed by atoms with Crippen molar-refractivity contribution in [2.24, 2.45) is 0 Å². The van der Waals surface area contributed by atoms with Crippen LogP contribution in [-0.4, -0.2) is 12.2 Å². The molecule has 0 spiro atoms. The van der Waals surface area contributed by atoms with Crippen LogP contribution in [0.4, 0.5) is 0 Å². The van der Waals surface area contributed by atoms with E-state index in [2.05, 4.69) is 24.5 Å². The van der Waals surface area contributed by atoms with E-state index >= 15 is 0 Å². The Balaban J connectivity index is 1.71. The van der Waals surface area contributed by atoms with E-state index in [0.29, 0.717) is 6.61 Å². The predicted molar refractivity (Wildman–Crippen MR) is 122 cm³/mol. The fraction of sp³-hybridized carbons (Fsp3) is 0.0800. The monoisotopic (exact) mass is 431 g/mol. The van der Waals surface area contributed by atoms with Gasteiger partial charge in [-0.1, -0.05) is 54.6 Å². The van der Waals surface area contributed by atoms with Gasteiger partial charge in [-0.15, -0.1) is 23.1 Å². The maximum atomic E-state index is 11.1. The van der Waals surface area contributed by atoms with Gasteiger partial charge in [0.15, 0.2) is 0 Å². The zero-order valence-corrected chi connectivity index (χ0v) is 18.0. The van der Waals surface area contributed by atoms with Crippen molar-refractivity contribution in [1.82, 2.24) is 0 Å². The van der Waals surface area contributed by atoms with Gasteiger partial charge in [-0.05, 0) is 52.6 Å². The standard InChI is InChI=1S/C25H20O3S2/c1-29-20-11-12-23(28-16-17-5-3-2-4-6-17)22(15-20)21-13-14-30-24(21)18-7-9-19(10-8-18)25(26)27/h2-15H,16H2,1H3,(H,26,27)/p-1. The summed E-state index contributed by atoms with van der Waals surface area (Å²) in [7, 11) is 0. The molecule has 5 heteroatoms. The summed E-state index contributed by atoms with van der Waals surface area (Å²) < 4.78 is 6.20. The second-order valence-electron chi connectivity index (χ2n) is 6.66. The molecule has 4 aromatic rings. The lowest BCUT2D eigenvalue weighted by Gasteiger charge is -2.14. The first-order chi connectivity index (χ1) is 14.7. The smallest absolute Gasteiger partial charge is 0.127 e. The van der Waals surface area contributed by atoms with Gasteiger partial charge in [-0.2, -0.15) is 0 Å². The first-order valence-corrected chi connectivity index (χ1v) is 11.5. The summed E-state index contributed by atoms with van der Waals surface area (Å²) in [6.07, 6.45) is 2.05. The van der Waals surface area contributed by atoms with E-state index in [1.807, 2.05) is 53.9 Å². The van der Waals surface area contributed by atoms with Crippen LogP contribution in [0.3, 0.4) is 0 Å². The van der Waals surface area contributed by atoms with E-state index < -0.39 is 5.97 Å². The Hall–Kier alpha value is -3.02. The van der Waals surface area contributed by atoms with Crippen molar-refractivity contribution >= 4 is 29.1 Å². The molecule has 150 valence electrons. The molecular formula is C25H19O3S2-. The Labute approximate surface area is 184 Å². The maximum Gasteiger partial charge on any atom is 0.127 e. The van der Waals surface area contributed by atoms with Gasteiger partial charge in [0.25, 0.3) is 0 Å². The molecule has 3 aromatic carbocycles. The molecule has 4 rings (SSSR count).